The molecule has 6 heteroatoms. The molecule has 0 radical (unpaired) electrons. The molecule has 5 unspecified atom stereocenters. The number of halogens is 3. The smallest absolute Gasteiger partial charge is 0.0919 e. The lowest BCUT2D eigenvalue weighted by Crippen LogP contribution is -2.55. The minimum absolute atomic E-state index is 0.483. The van der Waals surface area contributed by atoms with Crippen LogP contribution in [0.3, 0.4) is 0 Å². The van der Waals surface area contributed by atoms with Gasteiger partial charge in [0.25, 0.3) is 0 Å². The average molecular weight is 243 g/mol. The summed E-state index contributed by atoms with van der Waals surface area (Å²) in [5, 5.41) is 19.4. The van der Waals surface area contributed by atoms with Crippen molar-refractivity contribution >= 4 is 34.8 Å². The van der Waals surface area contributed by atoms with Gasteiger partial charge in [0.05, 0.1) is 28.2 Å². The summed E-state index contributed by atoms with van der Waals surface area (Å²) in [5.41, 5.74) is -0.878. The zero-order valence-corrected chi connectivity index (χ0v) is 9.09. The van der Waals surface area contributed by atoms with Crippen molar-refractivity contribution in [1.82, 2.24) is 5.06 Å². The van der Waals surface area contributed by atoms with Crippen LogP contribution in [0.15, 0.2) is 0 Å². The summed E-state index contributed by atoms with van der Waals surface area (Å²) in [6.07, 6.45) is 0. The summed E-state index contributed by atoms with van der Waals surface area (Å²) in [7, 11) is 0. The molecule has 0 spiro atoms. The largest absolute Gasteiger partial charge is 0.784 e. The van der Waals surface area contributed by atoms with Crippen LogP contribution in [0.1, 0.15) is 6.92 Å². The number of piperidine rings is 1. The van der Waals surface area contributed by atoms with Crippen molar-refractivity contribution in [3.05, 3.63) is 5.21 Å². The van der Waals surface area contributed by atoms with Gasteiger partial charge in [-0.3, -0.25) is 0 Å². The molecular formula is C7H8Cl3N2O-. The van der Waals surface area contributed by atoms with E-state index in [9.17, 15) is 5.21 Å². The fraction of sp³-hybridized carbons (Fsp3) is 0.857. The number of hydrogen-bond donors (Lipinski definition) is 0. The van der Waals surface area contributed by atoms with E-state index in [4.69, 9.17) is 40.1 Å². The highest BCUT2D eigenvalue weighted by atomic mass is 35.5. The van der Waals surface area contributed by atoms with E-state index in [0.29, 0.717) is 5.06 Å². The SMILES string of the molecule is CC1C(Cl)C(C#N)C(Cl)C(Cl)N1[O-]. The quantitative estimate of drug-likeness (QED) is 0.483. The van der Waals surface area contributed by atoms with Gasteiger partial charge in [0.15, 0.2) is 0 Å². The maximum atomic E-state index is 11.3. The molecule has 1 fully saturated rings. The van der Waals surface area contributed by atoms with Gasteiger partial charge in [-0.05, 0) is 6.92 Å². The Kier molecular flexibility index (Phi) is 3.67. The fourth-order valence-electron chi connectivity index (χ4n) is 1.29. The Hall–Kier alpha value is 0.280. The van der Waals surface area contributed by atoms with Gasteiger partial charge >= 0.3 is 0 Å². The number of nitrogens with zero attached hydrogens (tertiary/aromatic N) is 2. The number of hydroxylamine groups is 2. The Morgan fingerprint density at radius 1 is 1.31 bits per heavy atom. The van der Waals surface area contributed by atoms with Gasteiger partial charge in [-0.2, -0.15) is 5.26 Å². The minimum Gasteiger partial charge on any atom is -0.784 e. The van der Waals surface area contributed by atoms with Crippen molar-refractivity contribution in [3.63, 3.8) is 0 Å². The van der Waals surface area contributed by atoms with Crippen LogP contribution < -0.4 is 0 Å². The molecule has 1 aliphatic rings. The van der Waals surface area contributed by atoms with Crippen LogP contribution in [-0.4, -0.2) is 27.4 Å². The van der Waals surface area contributed by atoms with E-state index in [-0.39, 0.29) is 0 Å². The maximum Gasteiger partial charge on any atom is 0.0919 e. The Labute approximate surface area is 91.7 Å². The molecule has 0 amide bonds. The Morgan fingerprint density at radius 2 is 1.85 bits per heavy atom. The van der Waals surface area contributed by atoms with E-state index in [1.54, 1.807) is 6.92 Å². The molecule has 1 aliphatic heterocycles. The number of rotatable bonds is 0. The van der Waals surface area contributed by atoms with Crippen LogP contribution in [0.5, 0.6) is 0 Å². The molecule has 3 nitrogen and oxygen atoms in total. The van der Waals surface area contributed by atoms with Crippen LogP contribution in [-0.2, 0) is 0 Å². The monoisotopic (exact) mass is 241 g/mol. The van der Waals surface area contributed by atoms with E-state index in [1.807, 2.05) is 6.07 Å². The summed E-state index contributed by atoms with van der Waals surface area (Å²) in [6.45, 7) is 1.63. The first kappa shape index (κ1) is 11.4. The number of nitriles is 1. The molecule has 0 aromatic carbocycles. The molecule has 74 valence electrons. The molecule has 0 aromatic heterocycles. The Balaban J connectivity index is 2.87. The van der Waals surface area contributed by atoms with Crippen LogP contribution in [0.4, 0.5) is 0 Å². The molecule has 5 atom stereocenters. The van der Waals surface area contributed by atoms with Gasteiger partial charge in [-0.15, -0.1) is 34.8 Å². The first-order chi connectivity index (χ1) is 6.00. The highest BCUT2D eigenvalue weighted by Gasteiger charge is 2.42. The third-order valence-corrected chi connectivity index (χ3v) is 3.94. The molecule has 0 N–H and O–H groups in total. The second-order valence-electron chi connectivity index (χ2n) is 3.02. The van der Waals surface area contributed by atoms with Gasteiger partial charge in [0.1, 0.15) is 0 Å². The number of alkyl halides is 3. The van der Waals surface area contributed by atoms with E-state index in [0.717, 1.165) is 0 Å². The van der Waals surface area contributed by atoms with Crippen LogP contribution in [0.25, 0.3) is 0 Å². The standard InChI is InChI=1S/C7H8Cl3N2O/c1-3-5(8)4(2-11)6(9)7(10)12(3)13/h3-7H,1H3/q-1. The maximum absolute atomic E-state index is 11.3. The topological polar surface area (TPSA) is 50.1 Å². The van der Waals surface area contributed by atoms with Gasteiger partial charge < -0.3 is 10.3 Å². The molecule has 1 rings (SSSR count). The van der Waals surface area contributed by atoms with Crippen molar-refractivity contribution in [3.8, 4) is 6.07 Å². The Bertz CT molecular complexity index is 216. The summed E-state index contributed by atoms with van der Waals surface area (Å²) < 4.78 is 0. The molecule has 1 saturated heterocycles. The van der Waals surface area contributed by atoms with Crippen molar-refractivity contribution in [1.29, 1.82) is 5.26 Å². The summed E-state index contributed by atoms with van der Waals surface area (Å²) in [6, 6.07) is 1.49. The predicted octanol–water partition coefficient (Wildman–Crippen LogP) is 2.11. The van der Waals surface area contributed by atoms with Crippen molar-refractivity contribution in [2.45, 2.75) is 29.2 Å². The van der Waals surface area contributed by atoms with Crippen molar-refractivity contribution in [2.75, 3.05) is 0 Å². The first-order valence-electron chi connectivity index (χ1n) is 3.78. The fourth-order valence-corrected chi connectivity index (χ4v) is 2.35. The summed E-state index contributed by atoms with van der Waals surface area (Å²) in [5.74, 6) is -0.578. The molecule has 0 aromatic rings. The van der Waals surface area contributed by atoms with Crippen LogP contribution in [0, 0.1) is 22.5 Å². The van der Waals surface area contributed by atoms with Crippen LogP contribution in [0.2, 0.25) is 0 Å². The Morgan fingerprint density at radius 3 is 2.31 bits per heavy atom. The molecule has 0 aliphatic carbocycles. The normalized spacial score (nSPS) is 47.2. The third kappa shape index (κ3) is 1.88. The lowest BCUT2D eigenvalue weighted by molar-refractivity contribution is 0.186. The van der Waals surface area contributed by atoms with Gasteiger partial charge in [-0.25, -0.2) is 0 Å². The highest BCUT2D eigenvalue weighted by molar-refractivity contribution is 6.31. The van der Waals surface area contributed by atoms with E-state index in [2.05, 4.69) is 0 Å². The lowest BCUT2D eigenvalue weighted by atomic mass is 9.93. The van der Waals surface area contributed by atoms with Crippen LogP contribution >= 0.6 is 34.8 Å². The van der Waals surface area contributed by atoms with E-state index in [1.165, 1.54) is 0 Å². The van der Waals surface area contributed by atoms with E-state index >= 15 is 0 Å². The van der Waals surface area contributed by atoms with Gasteiger partial charge in [0, 0.05) is 6.04 Å². The zero-order valence-electron chi connectivity index (χ0n) is 6.82. The van der Waals surface area contributed by atoms with E-state index < -0.39 is 28.2 Å². The molecule has 1 heterocycles. The molecular weight excluding hydrogens is 234 g/mol. The third-order valence-electron chi connectivity index (χ3n) is 2.20. The molecule has 13 heavy (non-hydrogen) atoms. The molecule has 0 bridgehead atoms. The first-order valence-corrected chi connectivity index (χ1v) is 5.09. The van der Waals surface area contributed by atoms with Crippen molar-refractivity contribution < 1.29 is 0 Å². The van der Waals surface area contributed by atoms with Gasteiger partial charge in [-0.1, -0.05) is 0 Å². The summed E-state index contributed by atoms with van der Waals surface area (Å²) >= 11 is 17.4. The number of hydrogen-bond acceptors (Lipinski definition) is 3. The minimum atomic E-state index is -0.878. The average Bonchev–Trinajstić information content (AvgIpc) is 2.13. The highest BCUT2D eigenvalue weighted by Crippen LogP contribution is 2.35. The van der Waals surface area contributed by atoms with Gasteiger partial charge in [0.2, 0.25) is 0 Å². The predicted molar refractivity (Wildman–Crippen MR) is 52.7 cm³/mol. The lowest BCUT2D eigenvalue weighted by Gasteiger charge is -2.49. The molecule has 0 saturated carbocycles. The zero-order chi connectivity index (χ0) is 10.2. The second kappa shape index (κ2) is 4.20. The van der Waals surface area contributed by atoms with Crippen molar-refractivity contribution in [2.24, 2.45) is 5.92 Å². The summed E-state index contributed by atoms with van der Waals surface area (Å²) in [4.78, 5) is 0. The second-order valence-corrected chi connectivity index (χ2v) is 4.47.